The summed E-state index contributed by atoms with van der Waals surface area (Å²) in [6, 6.07) is 9.35. The van der Waals surface area contributed by atoms with Gasteiger partial charge in [0.05, 0.1) is 28.5 Å². The second-order valence-electron chi connectivity index (χ2n) is 7.95. The second kappa shape index (κ2) is 9.24. The molecule has 0 spiro atoms. The van der Waals surface area contributed by atoms with Gasteiger partial charge in [0.25, 0.3) is 5.56 Å². The Labute approximate surface area is 209 Å². The molecule has 10 heteroatoms. The van der Waals surface area contributed by atoms with E-state index in [2.05, 4.69) is 4.99 Å². The van der Waals surface area contributed by atoms with E-state index in [4.69, 9.17) is 25.8 Å². The van der Waals surface area contributed by atoms with E-state index in [-0.39, 0.29) is 30.3 Å². The number of rotatable bonds is 5. The lowest BCUT2D eigenvalue weighted by atomic mass is 9.95. The minimum absolute atomic E-state index is 0.0945. The highest BCUT2D eigenvalue weighted by atomic mass is 35.5. The molecular formula is C25H21ClN2O6S. The van der Waals surface area contributed by atoms with Gasteiger partial charge in [-0.2, -0.15) is 0 Å². The van der Waals surface area contributed by atoms with Gasteiger partial charge in [0.1, 0.15) is 5.75 Å². The van der Waals surface area contributed by atoms with Crippen molar-refractivity contribution in [3.8, 4) is 17.2 Å². The quantitative estimate of drug-likeness (QED) is 0.527. The zero-order valence-electron chi connectivity index (χ0n) is 18.9. The minimum Gasteiger partial charge on any atom is -0.508 e. The van der Waals surface area contributed by atoms with Gasteiger partial charge in [-0.15, -0.1) is 0 Å². The summed E-state index contributed by atoms with van der Waals surface area (Å²) in [6.45, 7) is 3.76. The fourth-order valence-electron chi connectivity index (χ4n) is 4.15. The Morgan fingerprint density at radius 2 is 2.09 bits per heavy atom. The van der Waals surface area contributed by atoms with E-state index < -0.39 is 12.0 Å². The number of ether oxygens (including phenoxy) is 3. The van der Waals surface area contributed by atoms with Crippen molar-refractivity contribution in [2.24, 2.45) is 4.99 Å². The molecule has 5 rings (SSSR count). The molecule has 8 nitrogen and oxygen atoms in total. The van der Waals surface area contributed by atoms with Crippen LogP contribution in [0.1, 0.15) is 31.0 Å². The molecule has 0 fully saturated rings. The van der Waals surface area contributed by atoms with E-state index in [1.165, 1.54) is 22.0 Å². The third-order valence-corrected chi connectivity index (χ3v) is 7.05. The number of allylic oxidation sites excluding steroid dienone is 1. The van der Waals surface area contributed by atoms with Crippen molar-refractivity contribution in [2.45, 2.75) is 26.3 Å². The van der Waals surface area contributed by atoms with Crippen LogP contribution in [0.4, 0.5) is 0 Å². The maximum absolute atomic E-state index is 13.6. The summed E-state index contributed by atoms with van der Waals surface area (Å²) in [4.78, 5) is 31.6. The van der Waals surface area contributed by atoms with Crippen LogP contribution in [-0.2, 0) is 16.0 Å². The molecule has 2 aromatic carbocycles. The first-order valence-electron chi connectivity index (χ1n) is 10.9. The number of thiazole rings is 1. The van der Waals surface area contributed by atoms with Gasteiger partial charge in [-0.05, 0) is 61.7 Å². The highest BCUT2D eigenvalue weighted by molar-refractivity contribution is 7.07. The molecule has 1 atom stereocenters. The number of aromatic hydroxyl groups is 1. The number of fused-ring (bicyclic) bond motifs is 2. The summed E-state index contributed by atoms with van der Waals surface area (Å²) >= 11 is 7.27. The predicted molar refractivity (Wildman–Crippen MR) is 131 cm³/mol. The largest absolute Gasteiger partial charge is 0.508 e. The molecular weight excluding hydrogens is 492 g/mol. The van der Waals surface area contributed by atoms with E-state index in [1.54, 1.807) is 50.3 Å². The number of carbonyl (C=O) groups excluding carboxylic acids is 1. The van der Waals surface area contributed by atoms with E-state index in [0.717, 1.165) is 0 Å². The summed E-state index contributed by atoms with van der Waals surface area (Å²) in [7, 11) is 0. The van der Waals surface area contributed by atoms with Crippen molar-refractivity contribution in [1.82, 2.24) is 4.57 Å². The summed E-state index contributed by atoms with van der Waals surface area (Å²) in [6.07, 6.45) is 2.03. The summed E-state index contributed by atoms with van der Waals surface area (Å²) in [5.41, 5.74) is 1.74. The van der Waals surface area contributed by atoms with Crippen LogP contribution in [0.25, 0.3) is 6.08 Å². The zero-order chi connectivity index (χ0) is 24.7. The standard InChI is InChI=1S/C25H21ClN2O6S/c1-3-32-24(31)21-13(2)27-25-28(22(21)15-4-8-18-19(11-15)34-12-33-18)23(30)20(35-25)9-5-14-10-16(26)6-7-17(14)29/h4,6-11,22,29H,3,5,12H2,1-2H3/b20-9-. The number of aromatic nitrogens is 1. The fraction of sp³-hybridized carbons (Fsp3) is 0.240. The van der Waals surface area contributed by atoms with Gasteiger partial charge < -0.3 is 19.3 Å². The molecule has 0 radical (unpaired) electrons. The number of benzene rings is 2. The van der Waals surface area contributed by atoms with Crippen LogP contribution < -0.4 is 24.4 Å². The molecule has 1 aromatic heterocycles. The molecule has 180 valence electrons. The number of phenols is 1. The van der Waals surface area contributed by atoms with Crippen molar-refractivity contribution >= 4 is 35.0 Å². The van der Waals surface area contributed by atoms with Gasteiger partial charge >= 0.3 is 5.97 Å². The lowest BCUT2D eigenvalue weighted by Crippen LogP contribution is -2.39. The Morgan fingerprint density at radius 1 is 1.29 bits per heavy atom. The number of esters is 1. The first-order chi connectivity index (χ1) is 16.9. The summed E-state index contributed by atoms with van der Waals surface area (Å²) < 4.78 is 18.2. The molecule has 1 N–H and O–H groups in total. The van der Waals surface area contributed by atoms with Crippen LogP contribution in [0.15, 0.2) is 57.5 Å². The van der Waals surface area contributed by atoms with Crippen molar-refractivity contribution in [2.75, 3.05) is 13.4 Å². The average Bonchev–Trinajstić information content (AvgIpc) is 3.42. The van der Waals surface area contributed by atoms with Crippen LogP contribution in [0.2, 0.25) is 5.02 Å². The maximum Gasteiger partial charge on any atom is 0.338 e. The summed E-state index contributed by atoms with van der Waals surface area (Å²) in [5.74, 6) is 0.700. The predicted octanol–water partition coefficient (Wildman–Crippen LogP) is 3.08. The van der Waals surface area contributed by atoms with Gasteiger partial charge in [-0.3, -0.25) is 9.36 Å². The van der Waals surface area contributed by atoms with Crippen molar-refractivity contribution in [3.05, 3.63) is 83.5 Å². The normalized spacial score (nSPS) is 16.8. The first kappa shape index (κ1) is 23.2. The van der Waals surface area contributed by atoms with E-state index >= 15 is 0 Å². The molecule has 0 amide bonds. The Bertz CT molecular complexity index is 1550. The van der Waals surface area contributed by atoms with Crippen LogP contribution >= 0.6 is 22.9 Å². The number of carbonyl (C=O) groups is 1. The second-order valence-corrected chi connectivity index (χ2v) is 9.40. The first-order valence-corrected chi connectivity index (χ1v) is 12.1. The monoisotopic (exact) mass is 512 g/mol. The Balaban J connectivity index is 1.66. The molecule has 2 aliphatic rings. The lowest BCUT2D eigenvalue weighted by Gasteiger charge is -2.24. The van der Waals surface area contributed by atoms with Crippen molar-refractivity contribution < 1.29 is 24.1 Å². The van der Waals surface area contributed by atoms with E-state index in [1.807, 2.05) is 0 Å². The van der Waals surface area contributed by atoms with Crippen molar-refractivity contribution in [1.29, 1.82) is 0 Å². The third kappa shape index (κ3) is 4.21. The summed E-state index contributed by atoms with van der Waals surface area (Å²) in [5, 5.41) is 10.6. The van der Waals surface area contributed by atoms with Gasteiger partial charge in [0, 0.05) is 5.02 Å². The lowest BCUT2D eigenvalue weighted by molar-refractivity contribution is -0.139. The van der Waals surface area contributed by atoms with Crippen LogP contribution in [0.3, 0.4) is 0 Å². The number of nitrogens with zero attached hydrogens (tertiary/aromatic N) is 2. The van der Waals surface area contributed by atoms with Crippen LogP contribution in [0.5, 0.6) is 17.2 Å². The molecule has 1 unspecified atom stereocenters. The number of hydrogen-bond donors (Lipinski definition) is 1. The van der Waals surface area contributed by atoms with Crippen LogP contribution in [-0.4, -0.2) is 29.0 Å². The van der Waals surface area contributed by atoms with E-state index in [9.17, 15) is 14.7 Å². The number of halogens is 1. The highest BCUT2D eigenvalue weighted by Crippen LogP contribution is 2.38. The molecule has 35 heavy (non-hydrogen) atoms. The van der Waals surface area contributed by atoms with Gasteiger partial charge in [-0.1, -0.05) is 35.1 Å². The molecule has 2 aliphatic heterocycles. The molecule has 3 heterocycles. The van der Waals surface area contributed by atoms with Crippen molar-refractivity contribution in [3.63, 3.8) is 0 Å². The fourth-order valence-corrected chi connectivity index (χ4v) is 5.36. The highest BCUT2D eigenvalue weighted by Gasteiger charge is 2.34. The third-order valence-electron chi connectivity index (χ3n) is 5.78. The molecule has 0 aliphatic carbocycles. The Morgan fingerprint density at radius 3 is 2.89 bits per heavy atom. The molecule has 0 saturated carbocycles. The average molecular weight is 513 g/mol. The Hall–Kier alpha value is -3.56. The van der Waals surface area contributed by atoms with Crippen LogP contribution in [0, 0.1) is 0 Å². The number of phenolic OH excluding ortho intramolecular Hbond substituents is 1. The Kier molecular flexibility index (Phi) is 6.12. The smallest absolute Gasteiger partial charge is 0.338 e. The molecule has 0 saturated heterocycles. The van der Waals surface area contributed by atoms with Gasteiger partial charge in [0.2, 0.25) is 6.79 Å². The maximum atomic E-state index is 13.6. The minimum atomic E-state index is -0.749. The SMILES string of the molecule is CCOC(=O)C1=C(C)N=c2s/c(=C\Cc3cc(Cl)ccc3O)c(=O)n2C1c1ccc2c(c1)OCO2. The van der Waals surface area contributed by atoms with Gasteiger partial charge in [-0.25, -0.2) is 9.79 Å². The molecule has 3 aromatic rings. The topological polar surface area (TPSA) is 99.4 Å². The molecule has 0 bridgehead atoms. The van der Waals surface area contributed by atoms with E-state index in [0.29, 0.717) is 49.1 Å². The van der Waals surface area contributed by atoms with Gasteiger partial charge in [0.15, 0.2) is 16.3 Å². The zero-order valence-corrected chi connectivity index (χ0v) is 20.5. The number of hydrogen-bond acceptors (Lipinski definition) is 8.